The zero-order chi connectivity index (χ0) is 15.7. The molecule has 0 saturated carbocycles. The number of aryl methyl sites for hydroxylation is 3. The normalized spacial score (nSPS) is 18.7. The van der Waals surface area contributed by atoms with Crippen LogP contribution in [0.25, 0.3) is 0 Å². The molecule has 0 aromatic carbocycles. The van der Waals surface area contributed by atoms with Crippen molar-refractivity contribution in [3.05, 3.63) is 34.9 Å². The largest absolute Gasteiger partial charge is 0.334 e. The van der Waals surface area contributed by atoms with Crippen LogP contribution < -0.4 is 0 Å². The Morgan fingerprint density at radius 1 is 1.36 bits per heavy atom. The van der Waals surface area contributed by atoms with Crippen LogP contribution in [0.1, 0.15) is 46.7 Å². The molecule has 1 fully saturated rings. The molecule has 3 heterocycles. The van der Waals surface area contributed by atoms with Crippen molar-refractivity contribution in [1.82, 2.24) is 24.9 Å². The van der Waals surface area contributed by atoms with Gasteiger partial charge in [-0.3, -0.25) is 14.6 Å². The Hall–Kier alpha value is -2.11. The monoisotopic (exact) mass is 301 g/mol. The summed E-state index contributed by atoms with van der Waals surface area (Å²) >= 11 is 0. The average molecular weight is 301 g/mol. The van der Waals surface area contributed by atoms with Gasteiger partial charge in [0.1, 0.15) is 0 Å². The van der Waals surface area contributed by atoms with E-state index in [2.05, 4.69) is 28.3 Å². The summed E-state index contributed by atoms with van der Waals surface area (Å²) in [5.74, 6) is 0.0810. The Morgan fingerprint density at radius 3 is 2.82 bits per heavy atom. The lowest BCUT2D eigenvalue weighted by molar-refractivity contribution is 0.0582. The first kappa shape index (κ1) is 14.8. The topological polar surface area (TPSA) is 66.8 Å². The molecule has 1 aliphatic rings. The maximum absolute atomic E-state index is 12.8. The second kappa shape index (κ2) is 5.94. The first-order valence-electron chi connectivity index (χ1n) is 7.88. The number of aromatic amines is 1. The zero-order valence-electron chi connectivity index (χ0n) is 13.5. The fourth-order valence-corrected chi connectivity index (χ4v) is 3.24. The van der Waals surface area contributed by atoms with Crippen molar-refractivity contribution in [3.8, 4) is 0 Å². The molecule has 118 valence electrons. The van der Waals surface area contributed by atoms with E-state index in [1.807, 2.05) is 23.4 Å². The van der Waals surface area contributed by atoms with Crippen molar-refractivity contribution in [2.75, 3.05) is 6.54 Å². The fraction of sp³-hybridized carbons (Fsp3) is 0.562. The number of nitrogens with zero attached hydrogens (tertiary/aromatic N) is 4. The van der Waals surface area contributed by atoms with Gasteiger partial charge in [0.05, 0.1) is 30.0 Å². The maximum atomic E-state index is 12.8. The van der Waals surface area contributed by atoms with Crippen LogP contribution in [0.2, 0.25) is 0 Å². The third kappa shape index (κ3) is 2.77. The van der Waals surface area contributed by atoms with Crippen molar-refractivity contribution >= 4 is 5.91 Å². The van der Waals surface area contributed by atoms with E-state index in [-0.39, 0.29) is 11.9 Å². The molecule has 1 N–H and O–H groups in total. The highest BCUT2D eigenvalue weighted by molar-refractivity contribution is 5.95. The Morgan fingerprint density at radius 2 is 2.18 bits per heavy atom. The van der Waals surface area contributed by atoms with Crippen LogP contribution >= 0.6 is 0 Å². The van der Waals surface area contributed by atoms with Gasteiger partial charge in [-0.1, -0.05) is 0 Å². The molecular weight excluding hydrogens is 278 g/mol. The summed E-state index contributed by atoms with van der Waals surface area (Å²) < 4.78 is 2.02. The van der Waals surface area contributed by atoms with E-state index in [9.17, 15) is 4.79 Å². The minimum absolute atomic E-state index is 0.0810. The van der Waals surface area contributed by atoms with Crippen LogP contribution in [0.5, 0.6) is 0 Å². The highest BCUT2D eigenvalue weighted by atomic mass is 16.2. The number of hydrogen-bond acceptors (Lipinski definition) is 3. The van der Waals surface area contributed by atoms with Gasteiger partial charge < -0.3 is 4.90 Å². The van der Waals surface area contributed by atoms with Crippen LogP contribution in [-0.4, -0.2) is 43.4 Å². The number of piperidine rings is 1. The molecule has 22 heavy (non-hydrogen) atoms. The molecule has 1 aliphatic heterocycles. The number of carbonyl (C=O) groups excluding carboxylic acids is 1. The molecule has 6 nitrogen and oxygen atoms in total. The van der Waals surface area contributed by atoms with E-state index in [1.165, 1.54) is 0 Å². The molecule has 0 spiro atoms. The Balaban J connectivity index is 1.81. The summed E-state index contributed by atoms with van der Waals surface area (Å²) in [6.45, 7) is 7.53. The van der Waals surface area contributed by atoms with Crippen LogP contribution in [0.3, 0.4) is 0 Å². The van der Waals surface area contributed by atoms with E-state index < -0.39 is 0 Å². The lowest BCUT2D eigenvalue weighted by Crippen LogP contribution is -2.46. The standard InChI is InChI=1S/C16H23N5O/c1-11-8-12(2)21(19-11)10-14-6-4-5-7-20(14)16(22)15-9-17-18-13(15)3/h8-9,14H,4-7,10H2,1-3H3,(H,17,18). The quantitative estimate of drug-likeness (QED) is 0.945. The minimum Gasteiger partial charge on any atom is -0.334 e. The van der Waals surface area contributed by atoms with Crippen LogP contribution in [0.4, 0.5) is 0 Å². The zero-order valence-corrected chi connectivity index (χ0v) is 13.5. The first-order valence-corrected chi connectivity index (χ1v) is 7.88. The highest BCUT2D eigenvalue weighted by Gasteiger charge is 2.29. The van der Waals surface area contributed by atoms with E-state index in [0.29, 0.717) is 5.56 Å². The molecule has 1 atom stereocenters. The SMILES string of the molecule is Cc1cc(C)n(CC2CCCCN2C(=O)c2cn[nH]c2C)n1. The number of aromatic nitrogens is 4. The summed E-state index contributed by atoms with van der Waals surface area (Å²) in [5, 5.41) is 11.4. The molecule has 1 amide bonds. The summed E-state index contributed by atoms with van der Waals surface area (Å²) in [5.41, 5.74) is 3.69. The fourth-order valence-electron chi connectivity index (χ4n) is 3.24. The van der Waals surface area contributed by atoms with Gasteiger partial charge >= 0.3 is 0 Å². The minimum atomic E-state index is 0.0810. The van der Waals surface area contributed by atoms with Gasteiger partial charge in [0.2, 0.25) is 0 Å². The molecular formula is C16H23N5O. The molecule has 0 aliphatic carbocycles. The van der Waals surface area contributed by atoms with Gasteiger partial charge in [-0.05, 0) is 46.1 Å². The number of H-pyrrole nitrogens is 1. The highest BCUT2D eigenvalue weighted by Crippen LogP contribution is 2.22. The van der Waals surface area contributed by atoms with E-state index >= 15 is 0 Å². The van der Waals surface area contributed by atoms with Crippen molar-refractivity contribution in [2.24, 2.45) is 0 Å². The van der Waals surface area contributed by atoms with Crippen molar-refractivity contribution in [2.45, 2.75) is 52.6 Å². The summed E-state index contributed by atoms with van der Waals surface area (Å²) in [7, 11) is 0. The van der Waals surface area contributed by atoms with E-state index in [4.69, 9.17) is 0 Å². The van der Waals surface area contributed by atoms with Crippen LogP contribution in [0, 0.1) is 20.8 Å². The Labute approximate surface area is 130 Å². The van der Waals surface area contributed by atoms with Crippen LogP contribution in [0.15, 0.2) is 12.3 Å². The van der Waals surface area contributed by atoms with Crippen molar-refractivity contribution in [3.63, 3.8) is 0 Å². The molecule has 2 aromatic rings. The third-order valence-corrected chi connectivity index (χ3v) is 4.44. The second-order valence-corrected chi connectivity index (χ2v) is 6.17. The van der Waals surface area contributed by atoms with Crippen LogP contribution in [-0.2, 0) is 6.54 Å². The molecule has 2 aromatic heterocycles. The molecule has 0 bridgehead atoms. The predicted molar refractivity (Wildman–Crippen MR) is 83.7 cm³/mol. The predicted octanol–water partition coefficient (Wildman–Crippen LogP) is 2.23. The van der Waals surface area contributed by atoms with E-state index in [1.54, 1.807) is 6.20 Å². The summed E-state index contributed by atoms with van der Waals surface area (Å²) in [6, 6.07) is 2.28. The number of amides is 1. The maximum Gasteiger partial charge on any atom is 0.257 e. The average Bonchev–Trinajstić information content (AvgIpc) is 3.05. The van der Waals surface area contributed by atoms with E-state index in [0.717, 1.165) is 49.4 Å². The van der Waals surface area contributed by atoms with Gasteiger partial charge in [0.25, 0.3) is 5.91 Å². The summed E-state index contributed by atoms with van der Waals surface area (Å²) in [4.78, 5) is 14.8. The van der Waals surface area contributed by atoms with Crippen molar-refractivity contribution < 1.29 is 4.79 Å². The van der Waals surface area contributed by atoms with Crippen molar-refractivity contribution in [1.29, 1.82) is 0 Å². The number of likely N-dealkylation sites (tertiary alicyclic amines) is 1. The smallest absolute Gasteiger partial charge is 0.257 e. The third-order valence-electron chi connectivity index (χ3n) is 4.44. The van der Waals surface area contributed by atoms with Gasteiger partial charge in [0.15, 0.2) is 0 Å². The molecule has 6 heteroatoms. The summed E-state index contributed by atoms with van der Waals surface area (Å²) in [6.07, 6.45) is 4.89. The van der Waals surface area contributed by atoms with Gasteiger partial charge in [-0.2, -0.15) is 10.2 Å². The Bertz CT molecular complexity index is 672. The van der Waals surface area contributed by atoms with Gasteiger partial charge in [-0.15, -0.1) is 0 Å². The molecule has 1 saturated heterocycles. The number of hydrogen-bond donors (Lipinski definition) is 1. The van der Waals surface area contributed by atoms with Gasteiger partial charge in [-0.25, -0.2) is 0 Å². The molecule has 1 unspecified atom stereocenters. The molecule has 0 radical (unpaired) electrons. The Kier molecular flexibility index (Phi) is 4.00. The van der Waals surface area contributed by atoms with Gasteiger partial charge in [0, 0.05) is 17.9 Å². The number of nitrogens with one attached hydrogen (secondary N) is 1. The molecule has 3 rings (SSSR count). The lowest BCUT2D eigenvalue weighted by atomic mass is 10.0. The second-order valence-electron chi connectivity index (χ2n) is 6.17. The first-order chi connectivity index (χ1) is 10.6. The number of carbonyl (C=O) groups is 1. The number of rotatable bonds is 3. The lowest BCUT2D eigenvalue weighted by Gasteiger charge is -2.36.